The second-order valence-electron chi connectivity index (χ2n) is 6.92. The second kappa shape index (κ2) is 8.05. The number of halogens is 1. The van der Waals surface area contributed by atoms with E-state index in [0.29, 0.717) is 21.8 Å². The predicted octanol–water partition coefficient (Wildman–Crippen LogP) is 4.66. The summed E-state index contributed by atoms with van der Waals surface area (Å²) in [6.45, 7) is 0. The molecule has 2 N–H and O–H groups in total. The van der Waals surface area contributed by atoms with Crippen molar-refractivity contribution in [2.24, 2.45) is 0 Å². The SMILES string of the molecule is CNC(=O)c1ccc(N(C)/C(=C2\C(=O)Nc3cc(Cl)ccc32)c2ccccc2)cc1. The third kappa shape index (κ3) is 3.55. The largest absolute Gasteiger partial charge is 0.355 e. The minimum absolute atomic E-state index is 0.146. The minimum atomic E-state index is -0.181. The number of nitrogens with one attached hydrogen (secondary N) is 2. The second-order valence-corrected chi connectivity index (χ2v) is 7.36. The lowest BCUT2D eigenvalue weighted by atomic mass is 9.99. The highest BCUT2D eigenvalue weighted by Gasteiger charge is 2.30. The van der Waals surface area contributed by atoms with Crippen molar-refractivity contribution in [3.63, 3.8) is 0 Å². The maximum Gasteiger partial charge on any atom is 0.258 e. The first-order valence-corrected chi connectivity index (χ1v) is 9.84. The number of benzene rings is 3. The number of fused-ring (bicyclic) bond motifs is 1. The van der Waals surface area contributed by atoms with Crippen molar-refractivity contribution >= 4 is 46.1 Å². The zero-order valence-corrected chi connectivity index (χ0v) is 17.3. The Bertz CT molecular complexity index is 1150. The number of carbonyl (C=O) groups excluding carboxylic acids is 2. The lowest BCUT2D eigenvalue weighted by Crippen LogP contribution is -2.20. The van der Waals surface area contributed by atoms with Gasteiger partial charge in [0.05, 0.1) is 17.0 Å². The van der Waals surface area contributed by atoms with E-state index in [4.69, 9.17) is 11.6 Å². The van der Waals surface area contributed by atoms with Crippen LogP contribution in [0.1, 0.15) is 21.5 Å². The fraction of sp³-hybridized carbons (Fsp3) is 0.0833. The normalized spacial score (nSPS) is 14.0. The Morgan fingerprint density at radius 1 is 0.967 bits per heavy atom. The van der Waals surface area contributed by atoms with Gasteiger partial charge < -0.3 is 15.5 Å². The van der Waals surface area contributed by atoms with Gasteiger partial charge in [-0.05, 0) is 42.0 Å². The van der Waals surface area contributed by atoms with E-state index in [1.807, 2.05) is 60.5 Å². The molecule has 1 aliphatic heterocycles. The number of carbonyl (C=O) groups is 2. The van der Waals surface area contributed by atoms with Crippen LogP contribution >= 0.6 is 11.6 Å². The van der Waals surface area contributed by atoms with E-state index in [1.165, 1.54) is 0 Å². The molecule has 3 aromatic rings. The topological polar surface area (TPSA) is 61.4 Å². The van der Waals surface area contributed by atoms with Gasteiger partial charge in [0.1, 0.15) is 0 Å². The van der Waals surface area contributed by atoms with Crippen LogP contribution in [0.4, 0.5) is 11.4 Å². The van der Waals surface area contributed by atoms with Gasteiger partial charge >= 0.3 is 0 Å². The summed E-state index contributed by atoms with van der Waals surface area (Å²) < 4.78 is 0. The standard InChI is InChI=1S/C24H20ClN3O2/c1-26-23(29)16-8-11-18(12-9-16)28(2)22(15-6-4-3-5-7-15)21-19-13-10-17(25)14-20(19)27-24(21)30/h3-14H,1-2H3,(H,26,29)(H,27,30)/b22-21-. The number of hydrogen-bond acceptors (Lipinski definition) is 3. The van der Waals surface area contributed by atoms with E-state index in [-0.39, 0.29) is 11.8 Å². The van der Waals surface area contributed by atoms with Crippen LogP contribution in [0.5, 0.6) is 0 Å². The molecule has 0 radical (unpaired) electrons. The van der Waals surface area contributed by atoms with Gasteiger partial charge in [-0.3, -0.25) is 9.59 Å². The summed E-state index contributed by atoms with van der Waals surface area (Å²) >= 11 is 6.12. The van der Waals surface area contributed by atoms with Crippen LogP contribution in [0.15, 0.2) is 72.8 Å². The van der Waals surface area contributed by atoms with E-state index in [1.54, 1.807) is 31.3 Å². The fourth-order valence-electron chi connectivity index (χ4n) is 3.59. The molecule has 5 nitrogen and oxygen atoms in total. The van der Waals surface area contributed by atoms with E-state index >= 15 is 0 Å². The first-order valence-electron chi connectivity index (χ1n) is 9.46. The van der Waals surface area contributed by atoms with Gasteiger partial charge in [-0.15, -0.1) is 0 Å². The Kier molecular flexibility index (Phi) is 5.29. The highest BCUT2D eigenvalue weighted by Crippen LogP contribution is 2.40. The molecule has 3 aromatic carbocycles. The summed E-state index contributed by atoms with van der Waals surface area (Å²) in [5, 5.41) is 6.10. The van der Waals surface area contributed by atoms with Gasteiger partial charge in [-0.25, -0.2) is 0 Å². The Balaban J connectivity index is 1.88. The van der Waals surface area contributed by atoms with Crippen LogP contribution in [0.3, 0.4) is 0 Å². The Labute approximate surface area is 180 Å². The third-order valence-corrected chi connectivity index (χ3v) is 5.32. The number of rotatable bonds is 4. The van der Waals surface area contributed by atoms with Gasteiger partial charge in [-0.1, -0.05) is 48.0 Å². The van der Waals surface area contributed by atoms with Crippen molar-refractivity contribution in [2.45, 2.75) is 0 Å². The van der Waals surface area contributed by atoms with Crippen LogP contribution in [0.25, 0.3) is 11.3 Å². The monoisotopic (exact) mass is 417 g/mol. The number of amides is 2. The van der Waals surface area contributed by atoms with Gasteiger partial charge in [0.2, 0.25) is 0 Å². The highest BCUT2D eigenvalue weighted by molar-refractivity contribution is 6.38. The summed E-state index contributed by atoms with van der Waals surface area (Å²) in [6, 6.07) is 22.4. The molecule has 0 aromatic heterocycles. The summed E-state index contributed by atoms with van der Waals surface area (Å²) in [6.07, 6.45) is 0. The van der Waals surface area contributed by atoms with E-state index in [2.05, 4.69) is 10.6 Å². The molecule has 0 atom stereocenters. The summed E-state index contributed by atoms with van der Waals surface area (Å²) in [7, 11) is 3.51. The average molecular weight is 418 g/mol. The Morgan fingerprint density at radius 3 is 2.33 bits per heavy atom. The van der Waals surface area contributed by atoms with Crippen molar-refractivity contribution < 1.29 is 9.59 Å². The van der Waals surface area contributed by atoms with Crippen molar-refractivity contribution in [3.05, 3.63) is 94.5 Å². The Morgan fingerprint density at radius 2 is 1.67 bits per heavy atom. The van der Waals surface area contributed by atoms with E-state index in [0.717, 1.165) is 22.5 Å². The molecular formula is C24H20ClN3O2. The molecule has 1 heterocycles. The van der Waals surface area contributed by atoms with Crippen LogP contribution in [0, 0.1) is 0 Å². The smallest absolute Gasteiger partial charge is 0.258 e. The van der Waals surface area contributed by atoms with Crippen LogP contribution in [-0.4, -0.2) is 25.9 Å². The molecule has 0 fully saturated rings. The van der Waals surface area contributed by atoms with Gasteiger partial charge in [-0.2, -0.15) is 0 Å². The maximum absolute atomic E-state index is 13.0. The molecule has 30 heavy (non-hydrogen) atoms. The lowest BCUT2D eigenvalue weighted by Gasteiger charge is -2.25. The zero-order chi connectivity index (χ0) is 21.3. The first kappa shape index (κ1) is 19.7. The first-order chi connectivity index (χ1) is 14.5. The van der Waals surface area contributed by atoms with Crippen molar-refractivity contribution in [1.82, 2.24) is 5.32 Å². The average Bonchev–Trinajstić information content (AvgIpc) is 3.09. The van der Waals surface area contributed by atoms with Gasteiger partial charge in [0.15, 0.2) is 0 Å². The van der Waals surface area contributed by atoms with E-state index in [9.17, 15) is 9.59 Å². The van der Waals surface area contributed by atoms with Crippen LogP contribution < -0.4 is 15.5 Å². The van der Waals surface area contributed by atoms with Gasteiger partial charge in [0, 0.05) is 35.9 Å². The van der Waals surface area contributed by atoms with Crippen molar-refractivity contribution in [1.29, 1.82) is 0 Å². The van der Waals surface area contributed by atoms with Crippen molar-refractivity contribution in [2.75, 3.05) is 24.3 Å². The molecule has 1 aliphatic rings. The molecule has 2 amide bonds. The number of nitrogens with zero attached hydrogens (tertiary/aromatic N) is 1. The summed E-state index contributed by atoms with van der Waals surface area (Å²) in [5.41, 5.74) is 5.17. The number of hydrogen-bond donors (Lipinski definition) is 2. The molecule has 0 aliphatic carbocycles. The minimum Gasteiger partial charge on any atom is -0.355 e. The molecule has 150 valence electrons. The maximum atomic E-state index is 13.0. The fourth-order valence-corrected chi connectivity index (χ4v) is 3.76. The van der Waals surface area contributed by atoms with Gasteiger partial charge in [0.25, 0.3) is 11.8 Å². The zero-order valence-electron chi connectivity index (χ0n) is 16.6. The molecule has 6 heteroatoms. The summed E-state index contributed by atoms with van der Waals surface area (Å²) in [4.78, 5) is 26.8. The molecule has 0 saturated carbocycles. The molecule has 0 bridgehead atoms. The number of anilines is 2. The molecule has 0 spiro atoms. The molecule has 0 unspecified atom stereocenters. The van der Waals surface area contributed by atoms with Crippen LogP contribution in [0.2, 0.25) is 5.02 Å². The molecular weight excluding hydrogens is 398 g/mol. The van der Waals surface area contributed by atoms with Crippen molar-refractivity contribution in [3.8, 4) is 0 Å². The predicted molar refractivity (Wildman–Crippen MR) is 122 cm³/mol. The molecule has 4 rings (SSSR count). The summed E-state index contributed by atoms with van der Waals surface area (Å²) in [5.74, 6) is -0.327. The Hall–Kier alpha value is -3.57. The third-order valence-electron chi connectivity index (χ3n) is 5.09. The quantitative estimate of drug-likeness (QED) is 0.607. The van der Waals surface area contributed by atoms with E-state index < -0.39 is 0 Å². The lowest BCUT2D eigenvalue weighted by molar-refractivity contribution is -0.110. The molecule has 0 saturated heterocycles. The van der Waals surface area contributed by atoms with Crippen LogP contribution in [-0.2, 0) is 4.79 Å². The highest BCUT2D eigenvalue weighted by atomic mass is 35.5.